The van der Waals surface area contributed by atoms with Gasteiger partial charge < -0.3 is 0 Å². The Hall–Kier alpha value is -2.24. The summed E-state index contributed by atoms with van der Waals surface area (Å²) in [6.07, 6.45) is 0. The number of fused-ring (bicyclic) bond motifs is 1. The van der Waals surface area contributed by atoms with E-state index in [1.54, 1.807) is 4.57 Å². The van der Waals surface area contributed by atoms with Gasteiger partial charge in [-0.2, -0.15) is 0 Å². The van der Waals surface area contributed by atoms with Crippen LogP contribution in [0.3, 0.4) is 0 Å². The first-order valence-corrected chi connectivity index (χ1v) is 9.26. The molecule has 0 aliphatic heterocycles. The number of hydrogen-bond acceptors (Lipinski definition) is 2. The molecular weight excluding hydrogens is 444 g/mol. The van der Waals surface area contributed by atoms with Gasteiger partial charge in [-0.1, -0.05) is 62.2 Å². The number of benzene rings is 3. The third kappa shape index (κ3) is 3.05. The number of aromatic nitrogens is 2. The molecule has 0 aliphatic rings. The van der Waals surface area contributed by atoms with Crippen molar-refractivity contribution in [2.45, 2.75) is 0 Å². The van der Waals surface area contributed by atoms with Crippen LogP contribution >= 0.6 is 31.9 Å². The highest BCUT2D eigenvalue weighted by Gasteiger charge is 2.15. The molecular formula is C20H12Br2N2O. The third-order valence-corrected chi connectivity index (χ3v) is 4.83. The molecule has 0 unspecified atom stereocenters. The van der Waals surface area contributed by atoms with Gasteiger partial charge in [-0.15, -0.1) is 0 Å². The van der Waals surface area contributed by atoms with Crippen molar-refractivity contribution in [2.24, 2.45) is 0 Å². The van der Waals surface area contributed by atoms with Gasteiger partial charge in [-0.05, 0) is 42.5 Å². The van der Waals surface area contributed by atoms with Crippen LogP contribution in [-0.2, 0) is 0 Å². The van der Waals surface area contributed by atoms with Gasteiger partial charge in [0.2, 0.25) is 0 Å². The first-order valence-electron chi connectivity index (χ1n) is 7.67. The van der Waals surface area contributed by atoms with Gasteiger partial charge in [0.05, 0.1) is 16.6 Å². The number of nitrogens with zero attached hydrogens (tertiary/aromatic N) is 2. The summed E-state index contributed by atoms with van der Waals surface area (Å²) in [6.45, 7) is 0. The molecule has 25 heavy (non-hydrogen) atoms. The Kier molecular flexibility index (Phi) is 4.27. The van der Waals surface area contributed by atoms with Crippen molar-refractivity contribution in [1.29, 1.82) is 0 Å². The summed E-state index contributed by atoms with van der Waals surface area (Å²) in [5.41, 5.74) is 2.25. The molecule has 3 nitrogen and oxygen atoms in total. The maximum Gasteiger partial charge on any atom is 0.266 e. The lowest BCUT2D eigenvalue weighted by Gasteiger charge is -2.14. The van der Waals surface area contributed by atoms with Crippen LogP contribution in [0.2, 0.25) is 0 Å². The molecule has 4 aromatic rings. The molecule has 0 saturated heterocycles. The van der Waals surface area contributed by atoms with Gasteiger partial charge in [0.1, 0.15) is 5.82 Å². The summed E-state index contributed by atoms with van der Waals surface area (Å²) in [5, 5.41) is 0.601. The molecule has 0 atom stereocenters. The summed E-state index contributed by atoms with van der Waals surface area (Å²) >= 11 is 7.03. The van der Waals surface area contributed by atoms with Gasteiger partial charge in [0, 0.05) is 14.5 Å². The maximum atomic E-state index is 13.2. The van der Waals surface area contributed by atoms with Crippen LogP contribution in [-0.4, -0.2) is 9.55 Å². The molecule has 1 aromatic heterocycles. The number of halogens is 2. The van der Waals surface area contributed by atoms with E-state index < -0.39 is 0 Å². The van der Waals surface area contributed by atoms with Crippen molar-refractivity contribution in [3.63, 3.8) is 0 Å². The van der Waals surface area contributed by atoms with E-state index in [9.17, 15) is 4.79 Å². The van der Waals surface area contributed by atoms with E-state index in [4.69, 9.17) is 4.98 Å². The largest absolute Gasteiger partial charge is 0.268 e. The zero-order chi connectivity index (χ0) is 17.4. The maximum absolute atomic E-state index is 13.2. The van der Waals surface area contributed by atoms with E-state index >= 15 is 0 Å². The second-order valence-electron chi connectivity index (χ2n) is 5.59. The van der Waals surface area contributed by atoms with Gasteiger partial charge in [0.15, 0.2) is 0 Å². The Bertz CT molecular complexity index is 1120. The molecule has 0 fully saturated rings. The van der Waals surface area contributed by atoms with Crippen molar-refractivity contribution >= 4 is 42.8 Å². The van der Waals surface area contributed by atoms with E-state index in [1.807, 2.05) is 72.8 Å². The van der Waals surface area contributed by atoms with Crippen LogP contribution in [0.4, 0.5) is 0 Å². The summed E-state index contributed by atoms with van der Waals surface area (Å²) in [6, 6.07) is 22.9. The zero-order valence-corrected chi connectivity index (χ0v) is 16.2. The SMILES string of the molecule is O=c1c2ccccc2nc(-c2cc(Br)cc(Br)c2)n1-c1ccccc1. The molecule has 0 spiro atoms. The fourth-order valence-corrected chi connectivity index (χ4v) is 4.12. The lowest BCUT2D eigenvalue weighted by molar-refractivity contribution is 0.975. The minimum Gasteiger partial charge on any atom is -0.268 e. The quantitative estimate of drug-likeness (QED) is 0.395. The number of hydrogen-bond donors (Lipinski definition) is 0. The van der Waals surface area contributed by atoms with Crippen LogP contribution in [0.1, 0.15) is 0 Å². The summed E-state index contributed by atoms with van der Waals surface area (Å²) in [7, 11) is 0. The lowest BCUT2D eigenvalue weighted by Crippen LogP contribution is -2.21. The Morgan fingerprint density at radius 3 is 2.16 bits per heavy atom. The molecule has 0 aliphatic carbocycles. The normalized spacial score (nSPS) is 11.0. The smallest absolute Gasteiger partial charge is 0.266 e. The van der Waals surface area contributed by atoms with Crippen molar-refractivity contribution in [3.05, 3.63) is 92.1 Å². The molecule has 5 heteroatoms. The highest BCUT2D eigenvalue weighted by molar-refractivity contribution is 9.11. The standard InChI is InChI=1S/C20H12Br2N2O/c21-14-10-13(11-15(22)12-14)19-23-18-9-5-4-8-17(18)20(25)24(19)16-6-2-1-3-7-16/h1-12H. The van der Waals surface area contributed by atoms with Gasteiger partial charge in [-0.25, -0.2) is 4.98 Å². The van der Waals surface area contributed by atoms with E-state index in [0.717, 1.165) is 20.2 Å². The fourth-order valence-electron chi connectivity index (χ4n) is 2.83. The Morgan fingerprint density at radius 1 is 0.800 bits per heavy atom. The number of para-hydroxylation sites is 2. The number of rotatable bonds is 2. The highest BCUT2D eigenvalue weighted by Crippen LogP contribution is 2.28. The molecule has 0 saturated carbocycles. The summed E-state index contributed by atoms with van der Waals surface area (Å²) < 4.78 is 3.49. The summed E-state index contributed by atoms with van der Waals surface area (Å²) in [5.74, 6) is 0.608. The van der Waals surface area contributed by atoms with E-state index in [2.05, 4.69) is 31.9 Å². The van der Waals surface area contributed by atoms with Crippen molar-refractivity contribution in [2.75, 3.05) is 0 Å². The molecule has 1 heterocycles. The predicted octanol–water partition coefficient (Wildman–Crippen LogP) is 5.58. The van der Waals surface area contributed by atoms with Crippen molar-refractivity contribution in [3.8, 4) is 17.1 Å². The minimum absolute atomic E-state index is 0.0807. The van der Waals surface area contributed by atoms with E-state index in [-0.39, 0.29) is 5.56 Å². The first-order chi connectivity index (χ1) is 12.1. The highest BCUT2D eigenvalue weighted by atomic mass is 79.9. The zero-order valence-electron chi connectivity index (χ0n) is 13.0. The van der Waals surface area contributed by atoms with Gasteiger partial charge in [0.25, 0.3) is 5.56 Å². The van der Waals surface area contributed by atoms with Crippen LogP contribution in [0.5, 0.6) is 0 Å². The van der Waals surface area contributed by atoms with Gasteiger partial charge >= 0.3 is 0 Å². The third-order valence-electron chi connectivity index (χ3n) is 3.91. The monoisotopic (exact) mass is 454 g/mol. The molecule has 0 N–H and O–H groups in total. The predicted molar refractivity (Wildman–Crippen MR) is 108 cm³/mol. The average molecular weight is 456 g/mol. The fraction of sp³-hybridized carbons (Fsp3) is 0. The Labute approximate surface area is 161 Å². The van der Waals surface area contributed by atoms with Crippen LogP contribution in [0, 0.1) is 0 Å². The van der Waals surface area contributed by atoms with E-state index in [1.165, 1.54) is 0 Å². The molecule has 0 radical (unpaired) electrons. The van der Waals surface area contributed by atoms with E-state index in [0.29, 0.717) is 16.7 Å². The molecule has 122 valence electrons. The Morgan fingerprint density at radius 2 is 1.44 bits per heavy atom. The lowest BCUT2D eigenvalue weighted by atomic mass is 10.1. The average Bonchev–Trinajstić information content (AvgIpc) is 2.61. The van der Waals surface area contributed by atoms with Crippen LogP contribution in [0.25, 0.3) is 28.0 Å². The molecule has 0 amide bonds. The minimum atomic E-state index is -0.0807. The second kappa shape index (κ2) is 6.58. The van der Waals surface area contributed by atoms with Crippen molar-refractivity contribution in [1.82, 2.24) is 9.55 Å². The molecule has 3 aromatic carbocycles. The Balaban J connectivity index is 2.14. The molecule has 0 bridgehead atoms. The second-order valence-corrected chi connectivity index (χ2v) is 7.42. The molecule has 4 rings (SSSR count). The van der Waals surface area contributed by atoms with Gasteiger partial charge in [-0.3, -0.25) is 9.36 Å². The topological polar surface area (TPSA) is 34.9 Å². The van der Waals surface area contributed by atoms with Crippen LogP contribution in [0.15, 0.2) is 86.5 Å². The van der Waals surface area contributed by atoms with Crippen molar-refractivity contribution < 1.29 is 0 Å². The van der Waals surface area contributed by atoms with Crippen LogP contribution < -0.4 is 5.56 Å². The summed E-state index contributed by atoms with van der Waals surface area (Å²) in [4.78, 5) is 18.0. The first kappa shape index (κ1) is 16.2.